The first kappa shape index (κ1) is 19.6. The predicted octanol–water partition coefficient (Wildman–Crippen LogP) is 5.68. The number of anilines is 1. The molecule has 160 valence electrons. The zero-order chi connectivity index (χ0) is 21.6. The number of nitrogens with zero attached hydrogens (tertiary/aromatic N) is 4. The van der Waals surface area contributed by atoms with Gasteiger partial charge in [0.15, 0.2) is 0 Å². The number of hydrogen-bond donors (Lipinski definition) is 1. The van der Waals surface area contributed by atoms with Crippen molar-refractivity contribution >= 4 is 16.7 Å². The van der Waals surface area contributed by atoms with Crippen molar-refractivity contribution in [2.24, 2.45) is 0 Å². The molecule has 1 atom stereocenters. The van der Waals surface area contributed by atoms with Crippen LogP contribution in [-0.2, 0) is 6.18 Å². The molecule has 4 aromatic rings. The number of halogens is 3. The summed E-state index contributed by atoms with van der Waals surface area (Å²) in [5, 5.41) is 3.96. The van der Waals surface area contributed by atoms with Gasteiger partial charge in [-0.05, 0) is 62.6 Å². The maximum atomic E-state index is 13.9. The van der Waals surface area contributed by atoms with E-state index in [4.69, 9.17) is 4.52 Å². The van der Waals surface area contributed by atoms with Crippen molar-refractivity contribution in [3.8, 4) is 22.8 Å². The van der Waals surface area contributed by atoms with Crippen LogP contribution in [0.25, 0.3) is 33.9 Å². The summed E-state index contributed by atoms with van der Waals surface area (Å²) in [7, 11) is 0. The molecule has 2 aromatic carbocycles. The lowest BCUT2D eigenvalue weighted by Crippen LogP contribution is -2.38. The van der Waals surface area contributed by atoms with Crippen molar-refractivity contribution in [1.29, 1.82) is 0 Å². The Morgan fingerprint density at radius 2 is 1.94 bits per heavy atom. The molecule has 0 saturated carbocycles. The molecule has 1 aliphatic rings. The van der Waals surface area contributed by atoms with Crippen LogP contribution in [0.1, 0.15) is 31.7 Å². The van der Waals surface area contributed by atoms with Gasteiger partial charge in [0.25, 0.3) is 5.89 Å². The lowest BCUT2D eigenvalue weighted by molar-refractivity contribution is -0.137. The molecule has 1 saturated heterocycles. The Morgan fingerprint density at radius 1 is 1.10 bits per heavy atom. The third-order valence-corrected chi connectivity index (χ3v) is 5.77. The Hall–Kier alpha value is -3.36. The molecule has 0 bridgehead atoms. The number of nitrogens with one attached hydrogen (secondary N) is 1. The summed E-state index contributed by atoms with van der Waals surface area (Å²) in [6, 6.07) is 9.72. The number of aromatic nitrogens is 4. The molecule has 0 radical (unpaired) electrons. The number of H-pyrrole nitrogens is 1. The second-order valence-corrected chi connectivity index (χ2v) is 7.83. The van der Waals surface area contributed by atoms with Crippen LogP contribution in [0.5, 0.6) is 0 Å². The van der Waals surface area contributed by atoms with Crippen molar-refractivity contribution in [3.05, 3.63) is 48.3 Å². The Morgan fingerprint density at radius 3 is 2.74 bits per heavy atom. The average molecular weight is 427 g/mol. The fourth-order valence-electron chi connectivity index (χ4n) is 4.14. The molecule has 0 unspecified atom stereocenters. The van der Waals surface area contributed by atoms with Gasteiger partial charge >= 0.3 is 6.18 Å². The van der Waals surface area contributed by atoms with Gasteiger partial charge in [0.1, 0.15) is 0 Å². The molecule has 1 N–H and O–H groups in total. The van der Waals surface area contributed by atoms with Crippen molar-refractivity contribution < 1.29 is 17.7 Å². The second kappa shape index (κ2) is 7.40. The SMILES string of the molecule is C[C@@H]1CCCCN1c1ccc(-c2nc(-c3ccc4nc[nH]c4c3)no2)cc1C(F)(F)F. The number of aromatic amines is 1. The van der Waals surface area contributed by atoms with Gasteiger partial charge in [-0.2, -0.15) is 18.2 Å². The first-order valence-electron chi connectivity index (χ1n) is 10.2. The van der Waals surface area contributed by atoms with Crippen molar-refractivity contribution in [3.63, 3.8) is 0 Å². The fraction of sp³-hybridized carbons (Fsp3) is 0.318. The highest BCUT2D eigenvalue weighted by Crippen LogP contribution is 2.41. The van der Waals surface area contributed by atoms with E-state index in [1.165, 1.54) is 6.07 Å². The van der Waals surface area contributed by atoms with E-state index >= 15 is 0 Å². The molecule has 0 aliphatic carbocycles. The molecule has 6 nitrogen and oxygen atoms in total. The highest BCUT2D eigenvalue weighted by atomic mass is 19.4. The minimum absolute atomic E-state index is 0.0449. The molecular formula is C22H20F3N5O. The van der Waals surface area contributed by atoms with Crippen LogP contribution < -0.4 is 4.90 Å². The van der Waals surface area contributed by atoms with Gasteiger partial charge in [-0.25, -0.2) is 4.98 Å². The molecular weight excluding hydrogens is 407 g/mol. The molecule has 2 aromatic heterocycles. The quantitative estimate of drug-likeness (QED) is 0.456. The van der Waals surface area contributed by atoms with Crippen LogP contribution in [0, 0.1) is 0 Å². The van der Waals surface area contributed by atoms with E-state index in [1.807, 2.05) is 24.0 Å². The van der Waals surface area contributed by atoms with E-state index in [1.54, 1.807) is 18.5 Å². The van der Waals surface area contributed by atoms with Crippen molar-refractivity contribution in [2.75, 3.05) is 11.4 Å². The maximum absolute atomic E-state index is 13.9. The molecule has 0 amide bonds. The second-order valence-electron chi connectivity index (χ2n) is 7.83. The third kappa shape index (κ3) is 3.64. The number of piperidine rings is 1. The minimum Gasteiger partial charge on any atom is -0.368 e. The zero-order valence-corrected chi connectivity index (χ0v) is 16.8. The standard InChI is InChI=1S/C22H20F3N5O/c1-13-4-2-3-9-30(13)19-8-6-15(10-16(19)22(23,24)25)21-28-20(29-31-21)14-5-7-17-18(11-14)27-12-26-17/h5-8,10-13H,2-4,9H2,1H3,(H,26,27)/t13-/m1/s1. The molecule has 3 heterocycles. The van der Waals surface area contributed by atoms with Crippen molar-refractivity contribution in [2.45, 2.75) is 38.4 Å². The van der Waals surface area contributed by atoms with Gasteiger partial charge in [0, 0.05) is 29.4 Å². The maximum Gasteiger partial charge on any atom is 0.418 e. The summed E-state index contributed by atoms with van der Waals surface area (Å²) < 4.78 is 47.0. The summed E-state index contributed by atoms with van der Waals surface area (Å²) in [6.45, 7) is 2.58. The summed E-state index contributed by atoms with van der Waals surface area (Å²) in [4.78, 5) is 13.3. The number of rotatable bonds is 3. The summed E-state index contributed by atoms with van der Waals surface area (Å²) >= 11 is 0. The van der Waals surface area contributed by atoms with Gasteiger partial charge in [-0.1, -0.05) is 5.16 Å². The van der Waals surface area contributed by atoms with Crippen LogP contribution in [0.15, 0.2) is 47.2 Å². The normalized spacial score (nSPS) is 17.4. The summed E-state index contributed by atoms with van der Waals surface area (Å²) in [6.07, 6.45) is -0.105. The van der Waals surface area contributed by atoms with E-state index < -0.39 is 11.7 Å². The van der Waals surface area contributed by atoms with E-state index in [0.717, 1.165) is 36.4 Å². The van der Waals surface area contributed by atoms with Crippen molar-refractivity contribution in [1.82, 2.24) is 20.1 Å². The Labute approximate surface area is 176 Å². The fourth-order valence-corrected chi connectivity index (χ4v) is 4.14. The van der Waals surface area contributed by atoms with Crippen LogP contribution in [0.3, 0.4) is 0 Å². The van der Waals surface area contributed by atoms with Gasteiger partial charge < -0.3 is 14.4 Å². The minimum atomic E-state index is -4.49. The van der Waals surface area contributed by atoms with Gasteiger partial charge in [-0.15, -0.1) is 0 Å². The lowest BCUT2D eigenvalue weighted by atomic mass is 9.99. The first-order chi connectivity index (χ1) is 14.9. The largest absolute Gasteiger partial charge is 0.418 e. The highest BCUT2D eigenvalue weighted by molar-refractivity contribution is 5.80. The molecule has 5 rings (SSSR count). The monoisotopic (exact) mass is 427 g/mol. The van der Waals surface area contributed by atoms with Crippen LogP contribution in [-0.4, -0.2) is 32.7 Å². The molecule has 9 heteroatoms. The van der Waals surface area contributed by atoms with Gasteiger partial charge in [-0.3, -0.25) is 0 Å². The number of benzene rings is 2. The van der Waals surface area contributed by atoms with Crippen LogP contribution >= 0.6 is 0 Å². The summed E-state index contributed by atoms with van der Waals surface area (Å²) in [5.41, 5.74) is 2.04. The number of fused-ring (bicyclic) bond motifs is 1. The number of imidazole rings is 1. The van der Waals surface area contributed by atoms with E-state index in [-0.39, 0.29) is 23.2 Å². The molecule has 1 aliphatic heterocycles. The summed E-state index contributed by atoms with van der Waals surface area (Å²) in [5.74, 6) is 0.345. The first-order valence-corrected chi connectivity index (χ1v) is 10.2. The van der Waals surface area contributed by atoms with E-state index in [2.05, 4.69) is 20.1 Å². The van der Waals surface area contributed by atoms with E-state index in [9.17, 15) is 13.2 Å². The van der Waals surface area contributed by atoms with E-state index in [0.29, 0.717) is 17.9 Å². The number of hydrogen-bond acceptors (Lipinski definition) is 5. The zero-order valence-electron chi connectivity index (χ0n) is 16.8. The molecule has 1 fully saturated rings. The Bertz CT molecular complexity index is 1230. The van der Waals surface area contributed by atoms with Crippen LogP contribution in [0.4, 0.5) is 18.9 Å². The third-order valence-electron chi connectivity index (χ3n) is 5.77. The molecule has 0 spiro atoms. The number of alkyl halides is 3. The van der Waals surface area contributed by atoms with Gasteiger partial charge in [0.05, 0.1) is 22.9 Å². The predicted molar refractivity (Wildman–Crippen MR) is 110 cm³/mol. The molecule has 31 heavy (non-hydrogen) atoms. The van der Waals surface area contributed by atoms with Gasteiger partial charge in [0.2, 0.25) is 5.82 Å². The Kier molecular flexibility index (Phi) is 4.68. The lowest BCUT2D eigenvalue weighted by Gasteiger charge is -2.37. The average Bonchev–Trinajstić information content (AvgIpc) is 3.42. The smallest absolute Gasteiger partial charge is 0.368 e. The van der Waals surface area contributed by atoms with Crippen LogP contribution in [0.2, 0.25) is 0 Å². The Balaban J connectivity index is 1.52. The highest BCUT2D eigenvalue weighted by Gasteiger charge is 2.37. The topological polar surface area (TPSA) is 70.8 Å².